The largest absolute Gasteiger partial charge is 0.355 e. The van der Waals surface area contributed by atoms with Crippen LogP contribution in [0.5, 0.6) is 0 Å². The van der Waals surface area contributed by atoms with E-state index in [4.69, 9.17) is 0 Å². The summed E-state index contributed by atoms with van der Waals surface area (Å²) >= 11 is 1.97. The van der Waals surface area contributed by atoms with Crippen LogP contribution in [0.1, 0.15) is 23.5 Å². The van der Waals surface area contributed by atoms with Gasteiger partial charge in [-0.15, -0.1) is 0 Å². The van der Waals surface area contributed by atoms with Crippen molar-refractivity contribution in [3.8, 4) is 0 Å². The topological polar surface area (TPSA) is 32.3 Å². The number of nitrogens with zero attached hydrogens (tertiary/aromatic N) is 1. The highest BCUT2D eigenvalue weighted by Crippen LogP contribution is 2.27. The van der Waals surface area contributed by atoms with Crippen molar-refractivity contribution in [3.63, 3.8) is 0 Å². The molecule has 1 saturated heterocycles. The lowest BCUT2D eigenvalue weighted by atomic mass is 9.88. The first-order chi connectivity index (χ1) is 12.3. The maximum absolute atomic E-state index is 12.2. The van der Waals surface area contributed by atoms with Crippen molar-refractivity contribution in [1.82, 2.24) is 10.2 Å². The van der Waals surface area contributed by atoms with Crippen LogP contribution in [0.3, 0.4) is 0 Å². The third-order valence-electron chi connectivity index (χ3n) is 4.63. The normalized spacial score (nSPS) is 15.2. The van der Waals surface area contributed by atoms with Gasteiger partial charge in [-0.3, -0.25) is 9.69 Å². The molecule has 1 heterocycles. The standard InChI is InChI=1S/C21H26N2OS/c24-21(17-23-13-15-25-16-14-23)22-12-11-20(18-7-3-1-4-8-18)19-9-5-2-6-10-19/h1-10,20H,11-17H2,(H,22,24). The zero-order chi connectivity index (χ0) is 17.3. The van der Waals surface area contributed by atoms with Crippen molar-refractivity contribution in [2.45, 2.75) is 12.3 Å². The van der Waals surface area contributed by atoms with Gasteiger partial charge in [-0.25, -0.2) is 0 Å². The molecule has 0 saturated carbocycles. The maximum Gasteiger partial charge on any atom is 0.234 e. The summed E-state index contributed by atoms with van der Waals surface area (Å²) in [5, 5.41) is 3.11. The van der Waals surface area contributed by atoms with Crippen molar-refractivity contribution in [3.05, 3.63) is 71.8 Å². The highest BCUT2D eigenvalue weighted by molar-refractivity contribution is 7.99. The Kier molecular flexibility index (Phi) is 6.95. The first kappa shape index (κ1) is 18.0. The highest BCUT2D eigenvalue weighted by Gasteiger charge is 2.16. The average molecular weight is 355 g/mol. The summed E-state index contributed by atoms with van der Waals surface area (Å²) in [5.41, 5.74) is 2.60. The third kappa shape index (κ3) is 5.62. The van der Waals surface area contributed by atoms with Crippen molar-refractivity contribution in [1.29, 1.82) is 0 Å². The van der Waals surface area contributed by atoms with Crippen molar-refractivity contribution >= 4 is 17.7 Å². The molecule has 0 atom stereocenters. The van der Waals surface area contributed by atoms with Crippen molar-refractivity contribution in [2.24, 2.45) is 0 Å². The van der Waals surface area contributed by atoms with E-state index in [1.54, 1.807) is 0 Å². The zero-order valence-electron chi connectivity index (χ0n) is 14.6. The van der Waals surface area contributed by atoms with E-state index in [1.165, 1.54) is 11.1 Å². The van der Waals surface area contributed by atoms with Gasteiger partial charge in [0.05, 0.1) is 6.54 Å². The van der Waals surface area contributed by atoms with E-state index in [1.807, 2.05) is 23.9 Å². The monoisotopic (exact) mass is 354 g/mol. The fourth-order valence-corrected chi connectivity index (χ4v) is 4.25. The summed E-state index contributed by atoms with van der Waals surface area (Å²) in [4.78, 5) is 14.5. The molecule has 25 heavy (non-hydrogen) atoms. The molecule has 1 aliphatic rings. The van der Waals surface area contributed by atoms with E-state index in [-0.39, 0.29) is 5.91 Å². The first-order valence-electron chi connectivity index (χ1n) is 8.99. The first-order valence-corrected chi connectivity index (χ1v) is 10.1. The molecule has 2 aromatic rings. The quantitative estimate of drug-likeness (QED) is 0.827. The summed E-state index contributed by atoms with van der Waals surface area (Å²) in [6.07, 6.45) is 0.912. The van der Waals surface area contributed by atoms with Gasteiger partial charge in [0, 0.05) is 37.1 Å². The van der Waals surface area contributed by atoms with Crippen molar-refractivity contribution < 1.29 is 4.79 Å². The lowest BCUT2D eigenvalue weighted by Crippen LogP contribution is -2.41. The minimum Gasteiger partial charge on any atom is -0.355 e. The van der Waals surface area contributed by atoms with E-state index in [0.717, 1.165) is 31.0 Å². The highest BCUT2D eigenvalue weighted by atomic mass is 32.2. The van der Waals surface area contributed by atoms with Crippen LogP contribution >= 0.6 is 11.8 Å². The number of carbonyl (C=O) groups is 1. The third-order valence-corrected chi connectivity index (χ3v) is 5.57. The number of benzene rings is 2. The molecule has 4 heteroatoms. The summed E-state index contributed by atoms with van der Waals surface area (Å²) in [6.45, 7) is 3.28. The molecule has 3 rings (SSSR count). The Morgan fingerprint density at radius 2 is 1.52 bits per heavy atom. The van der Waals surface area contributed by atoms with Crippen molar-refractivity contribution in [2.75, 3.05) is 37.7 Å². The second-order valence-electron chi connectivity index (χ2n) is 6.40. The minimum atomic E-state index is 0.145. The smallest absolute Gasteiger partial charge is 0.234 e. The Hall–Kier alpha value is -1.78. The van der Waals surface area contributed by atoms with Crippen LogP contribution in [0.25, 0.3) is 0 Å². The average Bonchev–Trinajstić information content (AvgIpc) is 2.67. The Balaban J connectivity index is 1.55. The number of carbonyl (C=O) groups excluding carboxylic acids is 1. The van der Waals surface area contributed by atoms with Gasteiger partial charge in [0.2, 0.25) is 5.91 Å². The molecule has 1 aliphatic heterocycles. The van der Waals surface area contributed by atoms with E-state index in [2.05, 4.69) is 58.7 Å². The van der Waals surface area contributed by atoms with Crippen LogP contribution in [-0.4, -0.2) is 48.5 Å². The molecule has 2 aromatic carbocycles. The molecule has 1 amide bonds. The Labute approximate surface area is 154 Å². The molecule has 0 bridgehead atoms. The summed E-state index contributed by atoms with van der Waals surface area (Å²) < 4.78 is 0. The van der Waals surface area contributed by atoms with Crippen LogP contribution in [0.2, 0.25) is 0 Å². The molecule has 0 radical (unpaired) electrons. The zero-order valence-corrected chi connectivity index (χ0v) is 15.4. The maximum atomic E-state index is 12.2. The number of rotatable bonds is 7. The Morgan fingerprint density at radius 3 is 2.08 bits per heavy atom. The van der Waals surface area contributed by atoms with E-state index in [9.17, 15) is 4.79 Å². The second kappa shape index (κ2) is 9.64. The van der Waals surface area contributed by atoms with Crippen LogP contribution in [0.4, 0.5) is 0 Å². The van der Waals surface area contributed by atoms with Gasteiger partial charge in [0.1, 0.15) is 0 Å². The van der Waals surface area contributed by atoms with E-state index >= 15 is 0 Å². The van der Waals surface area contributed by atoms with Gasteiger partial charge in [-0.2, -0.15) is 11.8 Å². The van der Waals surface area contributed by atoms with E-state index < -0.39 is 0 Å². The van der Waals surface area contributed by atoms with Gasteiger partial charge in [0.15, 0.2) is 0 Å². The molecular weight excluding hydrogens is 328 g/mol. The number of nitrogens with one attached hydrogen (secondary N) is 1. The van der Waals surface area contributed by atoms with Crippen LogP contribution in [-0.2, 0) is 4.79 Å². The number of hydrogen-bond acceptors (Lipinski definition) is 3. The van der Waals surface area contributed by atoms with Crippen LogP contribution in [0.15, 0.2) is 60.7 Å². The minimum absolute atomic E-state index is 0.145. The Morgan fingerprint density at radius 1 is 0.960 bits per heavy atom. The predicted octanol–water partition coefficient (Wildman–Crippen LogP) is 3.37. The summed E-state index contributed by atoms with van der Waals surface area (Å²) in [7, 11) is 0. The molecule has 132 valence electrons. The second-order valence-corrected chi connectivity index (χ2v) is 7.63. The van der Waals surface area contributed by atoms with Gasteiger partial charge >= 0.3 is 0 Å². The predicted molar refractivity (Wildman–Crippen MR) is 106 cm³/mol. The van der Waals surface area contributed by atoms with Crippen LogP contribution < -0.4 is 5.32 Å². The van der Waals surface area contributed by atoms with Gasteiger partial charge < -0.3 is 5.32 Å². The number of thioether (sulfide) groups is 1. The van der Waals surface area contributed by atoms with Gasteiger partial charge in [-0.05, 0) is 17.5 Å². The fraction of sp³-hybridized carbons (Fsp3) is 0.381. The fourth-order valence-electron chi connectivity index (χ4n) is 3.27. The molecular formula is C21H26N2OS. The Bertz CT molecular complexity index is 602. The molecule has 3 nitrogen and oxygen atoms in total. The van der Waals surface area contributed by atoms with Gasteiger partial charge in [0.25, 0.3) is 0 Å². The molecule has 0 aromatic heterocycles. The number of hydrogen-bond donors (Lipinski definition) is 1. The molecule has 0 aliphatic carbocycles. The molecule has 0 spiro atoms. The summed E-state index contributed by atoms with van der Waals surface area (Å²) in [6, 6.07) is 21.1. The van der Waals surface area contributed by atoms with E-state index in [0.29, 0.717) is 19.0 Å². The summed E-state index contributed by atoms with van der Waals surface area (Å²) in [5.74, 6) is 2.73. The molecule has 1 N–H and O–H groups in total. The lowest BCUT2D eigenvalue weighted by Gasteiger charge is -2.25. The van der Waals surface area contributed by atoms with Gasteiger partial charge in [-0.1, -0.05) is 60.7 Å². The SMILES string of the molecule is O=C(CN1CCSCC1)NCCC(c1ccccc1)c1ccccc1. The van der Waals surface area contributed by atoms with Crippen LogP contribution in [0, 0.1) is 0 Å². The molecule has 1 fully saturated rings. The lowest BCUT2D eigenvalue weighted by molar-refractivity contribution is -0.122. The number of amides is 1. The molecule has 0 unspecified atom stereocenters.